The van der Waals surface area contributed by atoms with Crippen LogP contribution in [0.25, 0.3) is 0 Å². The van der Waals surface area contributed by atoms with Gasteiger partial charge in [-0.25, -0.2) is 4.79 Å². The number of carboxylic acids is 1. The van der Waals surface area contributed by atoms with Crippen LogP contribution in [0, 0.1) is 0 Å². The lowest BCUT2D eigenvalue weighted by molar-refractivity contribution is -0.144. The zero-order valence-corrected chi connectivity index (χ0v) is 10.9. The summed E-state index contributed by atoms with van der Waals surface area (Å²) < 4.78 is 27.4. The number of carboxylic acid groups (broad SMARTS) is 1. The van der Waals surface area contributed by atoms with Gasteiger partial charge in [-0.15, -0.1) is 0 Å². The van der Waals surface area contributed by atoms with Gasteiger partial charge in [0.15, 0.2) is 6.10 Å². The monoisotopic (exact) mass is 272 g/mol. The van der Waals surface area contributed by atoms with Crippen molar-refractivity contribution in [1.29, 1.82) is 0 Å². The normalized spacial score (nSPS) is 13.2. The van der Waals surface area contributed by atoms with Crippen LogP contribution in [0.15, 0.2) is 30.3 Å². The molecule has 0 saturated carbocycles. The third-order valence-corrected chi connectivity index (χ3v) is 3.71. The van der Waals surface area contributed by atoms with Gasteiger partial charge in [-0.1, -0.05) is 30.3 Å². The van der Waals surface area contributed by atoms with Gasteiger partial charge in [-0.05, 0) is 25.3 Å². The molecule has 0 aromatic heterocycles. The largest absolute Gasteiger partial charge is 0.479 e. The van der Waals surface area contributed by atoms with Crippen molar-refractivity contribution in [3.63, 3.8) is 0 Å². The predicted molar refractivity (Wildman–Crippen MR) is 66.7 cm³/mol. The highest BCUT2D eigenvalue weighted by Gasteiger charge is 2.20. The van der Waals surface area contributed by atoms with Gasteiger partial charge < -0.3 is 5.11 Å². The maximum atomic E-state index is 11.5. The molecule has 1 atom stereocenters. The molecule has 0 fully saturated rings. The van der Waals surface area contributed by atoms with Gasteiger partial charge in [0, 0.05) is 0 Å². The molecule has 1 rings (SSSR count). The molecule has 0 radical (unpaired) electrons. The molecule has 0 saturated heterocycles. The van der Waals surface area contributed by atoms with Gasteiger partial charge in [0.1, 0.15) is 0 Å². The Morgan fingerprint density at radius 2 is 1.94 bits per heavy atom. The van der Waals surface area contributed by atoms with Crippen LogP contribution in [0.3, 0.4) is 0 Å². The van der Waals surface area contributed by atoms with Crippen LogP contribution < -0.4 is 0 Å². The summed E-state index contributed by atoms with van der Waals surface area (Å²) >= 11 is 0. The molecular formula is C12H16O5S. The predicted octanol–water partition coefficient (Wildman–Crippen LogP) is 1.44. The second-order valence-electron chi connectivity index (χ2n) is 3.93. The van der Waals surface area contributed by atoms with E-state index < -0.39 is 22.2 Å². The molecule has 1 N–H and O–H groups in total. The summed E-state index contributed by atoms with van der Waals surface area (Å²) in [5, 5.41) is 8.56. The van der Waals surface area contributed by atoms with Crippen molar-refractivity contribution in [2.24, 2.45) is 0 Å². The van der Waals surface area contributed by atoms with E-state index in [2.05, 4.69) is 4.18 Å². The van der Waals surface area contributed by atoms with Crippen LogP contribution in [0.4, 0.5) is 0 Å². The Morgan fingerprint density at radius 3 is 2.50 bits per heavy atom. The van der Waals surface area contributed by atoms with Crippen molar-refractivity contribution in [1.82, 2.24) is 0 Å². The summed E-state index contributed by atoms with van der Waals surface area (Å²) in [6, 6.07) is 9.47. The van der Waals surface area contributed by atoms with E-state index in [1.807, 2.05) is 30.3 Å². The summed E-state index contributed by atoms with van der Waals surface area (Å²) in [6.45, 7) is 1.19. The molecule has 5 nitrogen and oxygen atoms in total. The maximum absolute atomic E-state index is 11.5. The van der Waals surface area contributed by atoms with E-state index in [1.165, 1.54) is 6.92 Å². The fourth-order valence-corrected chi connectivity index (χ4v) is 2.52. The lowest BCUT2D eigenvalue weighted by atomic mass is 10.1. The molecule has 0 aliphatic rings. The quantitative estimate of drug-likeness (QED) is 0.760. The first-order chi connectivity index (χ1) is 8.41. The molecule has 6 heteroatoms. The van der Waals surface area contributed by atoms with E-state index >= 15 is 0 Å². The van der Waals surface area contributed by atoms with Crippen LogP contribution in [0.2, 0.25) is 0 Å². The average molecular weight is 272 g/mol. The topological polar surface area (TPSA) is 80.7 Å². The van der Waals surface area contributed by atoms with Crippen molar-refractivity contribution in [3.05, 3.63) is 35.9 Å². The first kappa shape index (κ1) is 14.7. The number of rotatable bonds is 7. The van der Waals surface area contributed by atoms with Gasteiger partial charge >= 0.3 is 5.97 Å². The molecule has 1 unspecified atom stereocenters. The number of aryl methyl sites for hydroxylation is 1. The first-order valence-electron chi connectivity index (χ1n) is 5.58. The van der Waals surface area contributed by atoms with E-state index in [1.54, 1.807) is 0 Å². The van der Waals surface area contributed by atoms with Crippen LogP contribution >= 0.6 is 0 Å². The maximum Gasteiger partial charge on any atom is 0.334 e. The fourth-order valence-electron chi connectivity index (χ4n) is 1.41. The number of hydrogen-bond donors (Lipinski definition) is 1. The minimum atomic E-state index is -3.78. The van der Waals surface area contributed by atoms with Crippen molar-refractivity contribution in [3.8, 4) is 0 Å². The Bertz CT molecular complexity index is 480. The zero-order chi connectivity index (χ0) is 13.6. The highest BCUT2D eigenvalue weighted by atomic mass is 32.2. The highest BCUT2D eigenvalue weighted by Crippen LogP contribution is 2.07. The smallest absolute Gasteiger partial charge is 0.334 e. The Morgan fingerprint density at radius 1 is 1.33 bits per heavy atom. The van der Waals surface area contributed by atoms with E-state index in [0.717, 1.165) is 5.56 Å². The summed E-state index contributed by atoms with van der Waals surface area (Å²) in [6.07, 6.45) is -0.324. The Hall–Kier alpha value is -1.40. The molecule has 1 aromatic rings. The first-order valence-corrected chi connectivity index (χ1v) is 7.16. The van der Waals surface area contributed by atoms with E-state index in [-0.39, 0.29) is 5.75 Å². The lowest BCUT2D eigenvalue weighted by Crippen LogP contribution is -2.25. The molecule has 0 aliphatic carbocycles. The van der Waals surface area contributed by atoms with Crippen molar-refractivity contribution in [2.75, 3.05) is 5.75 Å². The number of benzene rings is 1. The standard InChI is InChI=1S/C12H16O5S/c1-10(12(13)14)17-18(15,16)9-5-8-11-6-3-2-4-7-11/h2-4,6-7,10H,5,8-9H2,1H3,(H,13,14). The third kappa shape index (κ3) is 5.29. The molecule has 18 heavy (non-hydrogen) atoms. The minimum Gasteiger partial charge on any atom is -0.479 e. The summed E-state index contributed by atoms with van der Waals surface area (Å²) in [4.78, 5) is 10.5. The molecular weight excluding hydrogens is 256 g/mol. The van der Waals surface area contributed by atoms with E-state index in [4.69, 9.17) is 5.11 Å². The molecule has 0 heterocycles. The molecule has 0 spiro atoms. The highest BCUT2D eigenvalue weighted by molar-refractivity contribution is 7.86. The molecule has 1 aromatic carbocycles. The van der Waals surface area contributed by atoms with Crippen molar-refractivity contribution in [2.45, 2.75) is 25.9 Å². The van der Waals surface area contributed by atoms with Crippen molar-refractivity contribution < 1.29 is 22.5 Å². The van der Waals surface area contributed by atoms with E-state index in [9.17, 15) is 13.2 Å². The second kappa shape index (κ2) is 6.51. The minimum absolute atomic E-state index is 0.181. The van der Waals surface area contributed by atoms with Crippen LogP contribution in [0.5, 0.6) is 0 Å². The van der Waals surface area contributed by atoms with Crippen molar-refractivity contribution >= 4 is 16.1 Å². The van der Waals surface area contributed by atoms with Gasteiger partial charge in [0.25, 0.3) is 10.1 Å². The van der Waals surface area contributed by atoms with Gasteiger partial charge in [0.05, 0.1) is 5.75 Å². The summed E-state index contributed by atoms with van der Waals surface area (Å²) in [5.41, 5.74) is 1.04. The number of hydrogen-bond acceptors (Lipinski definition) is 4. The Kier molecular flexibility index (Phi) is 5.30. The molecule has 0 amide bonds. The third-order valence-electron chi connectivity index (χ3n) is 2.34. The van der Waals surface area contributed by atoms with Gasteiger partial charge in [-0.3, -0.25) is 4.18 Å². The van der Waals surface area contributed by atoms with Crippen LogP contribution in [-0.4, -0.2) is 31.4 Å². The summed E-state index contributed by atoms with van der Waals surface area (Å²) in [7, 11) is -3.78. The summed E-state index contributed by atoms with van der Waals surface area (Å²) in [5.74, 6) is -1.47. The molecule has 0 bridgehead atoms. The van der Waals surface area contributed by atoms with Gasteiger partial charge in [-0.2, -0.15) is 8.42 Å². The van der Waals surface area contributed by atoms with Crippen LogP contribution in [-0.2, 0) is 25.5 Å². The molecule has 0 aliphatic heterocycles. The number of carbonyl (C=O) groups is 1. The lowest BCUT2D eigenvalue weighted by Gasteiger charge is -2.08. The van der Waals surface area contributed by atoms with E-state index in [0.29, 0.717) is 12.8 Å². The fraction of sp³-hybridized carbons (Fsp3) is 0.417. The Balaban J connectivity index is 2.41. The van der Waals surface area contributed by atoms with Crippen LogP contribution in [0.1, 0.15) is 18.9 Å². The zero-order valence-electron chi connectivity index (χ0n) is 10.1. The second-order valence-corrected chi connectivity index (χ2v) is 5.64. The average Bonchev–Trinajstić information content (AvgIpc) is 2.29. The Labute approximate surface area is 107 Å². The van der Waals surface area contributed by atoms with Gasteiger partial charge in [0.2, 0.25) is 0 Å². The SMILES string of the molecule is CC(OS(=O)(=O)CCCc1ccccc1)C(=O)O. The molecule has 100 valence electrons. The number of aliphatic carboxylic acids is 1.